The molecule has 0 bridgehead atoms. The molecule has 0 aliphatic heterocycles. The molecule has 10 heteroatoms. The maximum absolute atomic E-state index is 14.6. The number of hydrogen-bond donors (Lipinski definition) is 3. The van der Waals surface area contributed by atoms with E-state index in [0.717, 1.165) is 12.8 Å². The van der Waals surface area contributed by atoms with Crippen LogP contribution < -0.4 is 11.6 Å². The molecular formula is C24H23FN8O. The Hall–Kier alpha value is -4.23. The Labute approximate surface area is 195 Å². The molecule has 0 saturated heterocycles. The normalized spacial score (nSPS) is 15.5. The molecule has 9 nitrogen and oxygen atoms in total. The van der Waals surface area contributed by atoms with E-state index in [2.05, 4.69) is 25.0 Å². The van der Waals surface area contributed by atoms with Gasteiger partial charge in [-0.25, -0.2) is 14.4 Å². The molecule has 172 valence electrons. The molecular weight excluding hydrogens is 435 g/mol. The Kier molecular flexibility index (Phi) is 6.56. The molecule has 1 aliphatic carbocycles. The van der Waals surface area contributed by atoms with Gasteiger partial charge in [-0.1, -0.05) is 25.0 Å². The van der Waals surface area contributed by atoms with E-state index < -0.39 is 11.4 Å². The van der Waals surface area contributed by atoms with Crippen LogP contribution in [0.3, 0.4) is 0 Å². The largest absolute Gasteiger partial charge is 0.384 e. The summed E-state index contributed by atoms with van der Waals surface area (Å²) in [4.78, 5) is 17.1. The van der Waals surface area contributed by atoms with Gasteiger partial charge in [0.05, 0.1) is 41.1 Å². The van der Waals surface area contributed by atoms with E-state index in [-0.39, 0.29) is 40.7 Å². The highest BCUT2D eigenvalue weighted by Gasteiger charge is 2.34. The highest BCUT2D eigenvalue weighted by molar-refractivity contribution is 6.37. The van der Waals surface area contributed by atoms with E-state index in [0.29, 0.717) is 24.2 Å². The van der Waals surface area contributed by atoms with E-state index in [1.54, 1.807) is 12.1 Å². The predicted molar refractivity (Wildman–Crippen MR) is 126 cm³/mol. The van der Waals surface area contributed by atoms with Crippen LogP contribution in [0.4, 0.5) is 10.3 Å². The molecule has 1 aromatic carbocycles. The van der Waals surface area contributed by atoms with Gasteiger partial charge in [-0.05, 0) is 43.2 Å². The number of halogens is 1. The molecule has 0 radical (unpaired) electrons. The summed E-state index contributed by atoms with van der Waals surface area (Å²) in [7, 11) is 0. The molecule has 34 heavy (non-hydrogen) atoms. The molecule has 2 heterocycles. The lowest BCUT2D eigenvalue weighted by Crippen LogP contribution is -2.22. The smallest absolute Gasteiger partial charge is 0.221 e. The van der Waals surface area contributed by atoms with Gasteiger partial charge in [0, 0.05) is 5.56 Å². The summed E-state index contributed by atoms with van der Waals surface area (Å²) in [6.07, 6.45) is 4.78. The van der Waals surface area contributed by atoms with Gasteiger partial charge < -0.3 is 16.7 Å². The van der Waals surface area contributed by atoms with Crippen molar-refractivity contribution in [3.8, 4) is 17.3 Å². The summed E-state index contributed by atoms with van der Waals surface area (Å²) < 4.78 is 14.6. The number of nitrogens with zero attached hydrogens (tertiary/aromatic N) is 6. The highest BCUT2D eigenvalue weighted by atomic mass is 19.1. The second-order valence-corrected chi connectivity index (χ2v) is 8.01. The average molecular weight is 459 g/mol. The number of nitriles is 1. The first-order valence-corrected chi connectivity index (χ1v) is 10.7. The highest BCUT2D eigenvalue weighted by Crippen LogP contribution is 2.37. The van der Waals surface area contributed by atoms with Crippen molar-refractivity contribution in [3.05, 3.63) is 70.9 Å². The van der Waals surface area contributed by atoms with Crippen molar-refractivity contribution in [2.24, 2.45) is 15.9 Å². The molecule has 1 fully saturated rings. The molecule has 0 amide bonds. The molecule has 2 aromatic heterocycles. The van der Waals surface area contributed by atoms with E-state index in [1.165, 1.54) is 24.4 Å². The zero-order chi connectivity index (χ0) is 24.1. The fraction of sp³-hybridized carbons (Fsp3) is 0.250. The average Bonchev–Trinajstić information content (AvgIpc) is 3.29. The Bertz CT molecular complexity index is 1310. The van der Waals surface area contributed by atoms with Crippen LogP contribution in [-0.4, -0.2) is 32.0 Å². The molecule has 3 aromatic rings. The van der Waals surface area contributed by atoms with Crippen LogP contribution in [0, 0.1) is 17.1 Å². The predicted octanol–water partition coefficient (Wildman–Crippen LogP) is 2.83. The van der Waals surface area contributed by atoms with Crippen molar-refractivity contribution >= 4 is 17.9 Å². The zero-order valence-corrected chi connectivity index (χ0v) is 18.3. The quantitative estimate of drug-likeness (QED) is 0.291. The van der Waals surface area contributed by atoms with Gasteiger partial charge in [0.1, 0.15) is 23.2 Å². The number of aliphatic hydroxyl groups is 1. The number of aliphatic imine (C=N–C) groups is 1. The minimum Gasteiger partial charge on any atom is -0.384 e. The SMILES string of the molecule is N#Cc1cccc(-c2cc(C(C=NCc3cccc(C4(O)CCCC4)n3)=NN)nc(N)n2)c1F. The summed E-state index contributed by atoms with van der Waals surface area (Å²) in [5, 5.41) is 23.6. The Morgan fingerprint density at radius 3 is 2.68 bits per heavy atom. The first-order chi connectivity index (χ1) is 16.4. The minimum atomic E-state index is -0.878. The first kappa shape index (κ1) is 22.9. The second-order valence-electron chi connectivity index (χ2n) is 8.01. The van der Waals surface area contributed by atoms with Gasteiger partial charge >= 0.3 is 0 Å². The molecule has 1 aliphatic rings. The Morgan fingerprint density at radius 2 is 1.94 bits per heavy atom. The van der Waals surface area contributed by atoms with Crippen molar-refractivity contribution in [3.63, 3.8) is 0 Å². The van der Waals surface area contributed by atoms with Crippen molar-refractivity contribution in [2.75, 3.05) is 5.73 Å². The van der Waals surface area contributed by atoms with Crippen LogP contribution in [0.2, 0.25) is 0 Å². The summed E-state index contributed by atoms with van der Waals surface area (Å²) in [5.41, 5.74) is 6.93. The van der Waals surface area contributed by atoms with Gasteiger partial charge in [0.2, 0.25) is 5.95 Å². The number of aromatic nitrogens is 3. The number of hydrazone groups is 1. The molecule has 4 rings (SSSR count). The number of pyridine rings is 1. The van der Waals surface area contributed by atoms with Gasteiger partial charge in [0.15, 0.2) is 0 Å². The van der Waals surface area contributed by atoms with E-state index >= 15 is 0 Å². The van der Waals surface area contributed by atoms with E-state index in [9.17, 15) is 9.50 Å². The maximum Gasteiger partial charge on any atom is 0.221 e. The van der Waals surface area contributed by atoms with E-state index in [1.807, 2.05) is 18.2 Å². The summed E-state index contributed by atoms with van der Waals surface area (Å²) in [5.74, 6) is 4.74. The fourth-order valence-electron chi connectivity index (χ4n) is 3.99. The van der Waals surface area contributed by atoms with Crippen molar-refractivity contribution in [1.82, 2.24) is 15.0 Å². The van der Waals surface area contributed by atoms with Crippen LogP contribution in [0.15, 0.2) is 52.6 Å². The van der Waals surface area contributed by atoms with Gasteiger partial charge in [0.25, 0.3) is 0 Å². The molecule has 1 saturated carbocycles. The lowest BCUT2D eigenvalue weighted by Gasteiger charge is -2.21. The number of benzene rings is 1. The molecule has 0 unspecified atom stereocenters. The first-order valence-electron chi connectivity index (χ1n) is 10.7. The van der Waals surface area contributed by atoms with Crippen LogP contribution in [0.25, 0.3) is 11.3 Å². The van der Waals surface area contributed by atoms with Crippen molar-refractivity contribution in [2.45, 2.75) is 37.8 Å². The second kappa shape index (κ2) is 9.72. The zero-order valence-electron chi connectivity index (χ0n) is 18.3. The molecule has 0 atom stereocenters. The summed E-state index contributed by atoms with van der Waals surface area (Å²) >= 11 is 0. The Morgan fingerprint density at radius 1 is 1.18 bits per heavy atom. The van der Waals surface area contributed by atoms with Gasteiger partial charge in [-0.2, -0.15) is 10.4 Å². The lowest BCUT2D eigenvalue weighted by molar-refractivity contribution is 0.0398. The van der Waals surface area contributed by atoms with Gasteiger partial charge in [-0.15, -0.1) is 0 Å². The maximum atomic E-state index is 14.6. The van der Waals surface area contributed by atoms with Crippen LogP contribution in [-0.2, 0) is 12.1 Å². The van der Waals surface area contributed by atoms with Gasteiger partial charge in [-0.3, -0.25) is 9.98 Å². The summed E-state index contributed by atoms with van der Waals surface area (Å²) in [6, 6.07) is 13.2. The van der Waals surface area contributed by atoms with E-state index in [4.69, 9.17) is 16.8 Å². The number of nitrogens with two attached hydrogens (primary N) is 2. The number of hydrogen-bond acceptors (Lipinski definition) is 9. The number of nitrogen functional groups attached to an aromatic ring is 1. The summed E-state index contributed by atoms with van der Waals surface area (Å²) in [6.45, 7) is 0.231. The Balaban J connectivity index is 1.57. The number of rotatable bonds is 6. The van der Waals surface area contributed by atoms with Crippen molar-refractivity contribution < 1.29 is 9.50 Å². The third-order valence-corrected chi connectivity index (χ3v) is 5.72. The van der Waals surface area contributed by atoms with Crippen LogP contribution in [0.1, 0.15) is 48.3 Å². The number of anilines is 1. The van der Waals surface area contributed by atoms with Crippen molar-refractivity contribution in [1.29, 1.82) is 5.26 Å². The monoisotopic (exact) mass is 458 g/mol. The molecule has 0 spiro atoms. The standard InChI is InChI=1S/C24H23FN8O/c25-22-15(12-26)5-3-7-17(22)18-11-19(32-23(27)31-18)20(33-28)14-29-13-16-6-4-8-21(30-16)24(34)9-1-2-10-24/h3-8,11,14,34H,1-2,9-10,13,28H2,(H2,27,31,32). The molecule has 5 N–H and O–H groups in total. The lowest BCUT2D eigenvalue weighted by atomic mass is 9.97. The third-order valence-electron chi connectivity index (χ3n) is 5.72. The van der Waals surface area contributed by atoms with Crippen LogP contribution in [0.5, 0.6) is 0 Å². The topological polar surface area (TPSA) is 159 Å². The minimum absolute atomic E-state index is 0.105. The van der Waals surface area contributed by atoms with Crippen LogP contribution >= 0.6 is 0 Å². The third kappa shape index (κ3) is 4.74. The fourth-order valence-corrected chi connectivity index (χ4v) is 3.99.